The second kappa shape index (κ2) is 37.0. The molecule has 0 aliphatic carbocycles. The zero-order chi connectivity index (χ0) is 37.7. The van der Waals surface area contributed by atoms with Gasteiger partial charge in [-0.05, 0) is 77.8 Å². The largest absolute Gasteiger partial charge is 0.508 e. The van der Waals surface area contributed by atoms with Gasteiger partial charge in [-0.25, -0.2) is 4.79 Å². The molecule has 0 aliphatic heterocycles. The summed E-state index contributed by atoms with van der Waals surface area (Å²) in [4.78, 5) is 27.2. The van der Waals surface area contributed by atoms with Gasteiger partial charge < -0.3 is 24.2 Å². The molecule has 7 heteroatoms. The number of hydrogen-bond donors (Lipinski definition) is 1. The second-order valence-electron chi connectivity index (χ2n) is 16.0. The van der Waals surface area contributed by atoms with Crippen LogP contribution in [0.5, 0.6) is 0 Å². The molecule has 304 valence electrons. The third kappa shape index (κ3) is 33.0. The summed E-state index contributed by atoms with van der Waals surface area (Å²) in [7, 11) is 0. The highest BCUT2D eigenvalue weighted by Crippen LogP contribution is 2.27. The van der Waals surface area contributed by atoms with Gasteiger partial charge in [0.2, 0.25) is 0 Å². The Hall–Kier alpha value is -1.34. The average molecular weight is 726 g/mol. The fraction of sp³-hybridized carbons (Fsp3) is 0.955. The minimum Gasteiger partial charge on any atom is -0.465 e. The molecule has 0 spiro atoms. The maximum atomic E-state index is 13.1. The van der Waals surface area contributed by atoms with Crippen LogP contribution >= 0.6 is 0 Å². The van der Waals surface area contributed by atoms with Gasteiger partial charge in [0.15, 0.2) is 0 Å². The van der Waals surface area contributed by atoms with Crippen LogP contribution in [0.25, 0.3) is 0 Å². The highest BCUT2D eigenvalue weighted by Gasteiger charge is 2.29. The van der Waals surface area contributed by atoms with Gasteiger partial charge in [-0.3, -0.25) is 4.79 Å². The van der Waals surface area contributed by atoms with Crippen LogP contribution in [-0.4, -0.2) is 68.2 Å². The van der Waals surface area contributed by atoms with E-state index in [9.17, 15) is 14.7 Å². The van der Waals surface area contributed by atoms with E-state index in [2.05, 4.69) is 39.5 Å². The number of carbonyl (C=O) groups is 2. The predicted octanol–water partition coefficient (Wildman–Crippen LogP) is 12.6. The summed E-state index contributed by atoms with van der Waals surface area (Å²) >= 11 is 0. The lowest BCUT2D eigenvalue weighted by molar-refractivity contribution is -0.156. The van der Waals surface area contributed by atoms with Crippen LogP contribution < -0.4 is 0 Å². The van der Waals surface area contributed by atoms with Gasteiger partial charge in [-0.2, -0.15) is 0 Å². The van der Waals surface area contributed by atoms with E-state index in [1.54, 1.807) is 0 Å². The molecule has 0 amide bonds. The van der Waals surface area contributed by atoms with Gasteiger partial charge in [-0.1, -0.05) is 156 Å². The summed E-state index contributed by atoms with van der Waals surface area (Å²) in [5.41, 5.74) is -0.436. The van der Waals surface area contributed by atoms with E-state index in [1.807, 2.05) is 0 Å². The molecule has 0 atom stereocenters. The maximum Gasteiger partial charge on any atom is 0.508 e. The van der Waals surface area contributed by atoms with Gasteiger partial charge in [0.05, 0.1) is 31.8 Å². The predicted molar refractivity (Wildman–Crippen MR) is 215 cm³/mol. The Kier molecular flexibility index (Phi) is 36.0. The lowest BCUT2D eigenvalue weighted by Gasteiger charge is -2.25. The molecule has 0 aliphatic rings. The molecule has 51 heavy (non-hydrogen) atoms. The fourth-order valence-corrected chi connectivity index (χ4v) is 6.81. The third-order valence-corrected chi connectivity index (χ3v) is 10.4. The van der Waals surface area contributed by atoms with Crippen molar-refractivity contribution in [2.45, 2.75) is 214 Å². The molecule has 0 aromatic rings. The third-order valence-electron chi connectivity index (χ3n) is 10.4. The number of unbranched alkanes of at least 4 members (excludes halogenated alkanes) is 20. The van der Waals surface area contributed by atoms with Crippen molar-refractivity contribution in [2.24, 2.45) is 11.3 Å². The average Bonchev–Trinajstić information content (AvgIpc) is 3.11. The number of aliphatic hydroxyl groups is 1. The number of aliphatic hydroxyl groups excluding tert-OH is 1. The minimum absolute atomic E-state index is 0.0242. The van der Waals surface area contributed by atoms with Crippen molar-refractivity contribution < 1.29 is 28.9 Å². The number of esters is 1. The van der Waals surface area contributed by atoms with Gasteiger partial charge in [-0.15, -0.1) is 0 Å². The summed E-state index contributed by atoms with van der Waals surface area (Å²) in [6.07, 6.45) is 32.5. The molecule has 0 unspecified atom stereocenters. The maximum absolute atomic E-state index is 13.1. The molecule has 0 saturated heterocycles. The SMILES string of the molecule is CCCCCCCCCOC(=O)OCCCCCCN(CCO)CCCCCCC(C)(C)C(=O)OCC(CCCCCCC)CCCCCCC. The Balaban J connectivity index is 4.09. The molecular formula is C44H87NO6. The van der Waals surface area contributed by atoms with E-state index in [1.165, 1.54) is 109 Å². The molecule has 1 N–H and O–H groups in total. The molecule has 0 aromatic heterocycles. The first kappa shape index (κ1) is 49.7. The molecule has 0 fully saturated rings. The van der Waals surface area contributed by atoms with Crippen molar-refractivity contribution in [3.8, 4) is 0 Å². The van der Waals surface area contributed by atoms with E-state index in [0.717, 1.165) is 83.7 Å². The summed E-state index contributed by atoms with van der Waals surface area (Å²) in [6, 6.07) is 0. The van der Waals surface area contributed by atoms with E-state index >= 15 is 0 Å². The van der Waals surface area contributed by atoms with E-state index < -0.39 is 11.6 Å². The Bertz CT molecular complexity index is 746. The van der Waals surface area contributed by atoms with Crippen LogP contribution in [0.1, 0.15) is 214 Å². The van der Waals surface area contributed by atoms with E-state index in [4.69, 9.17) is 14.2 Å². The number of ether oxygens (including phenoxy) is 3. The topological polar surface area (TPSA) is 85.3 Å². The van der Waals surface area contributed by atoms with Crippen molar-refractivity contribution in [3.05, 3.63) is 0 Å². The zero-order valence-electron chi connectivity index (χ0n) is 34.8. The first-order valence-electron chi connectivity index (χ1n) is 22.1. The summed E-state index contributed by atoms with van der Waals surface area (Å²) in [6.45, 7) is 15.2. The first-order valence-corrected chi connectivity index (χ1v) is 22.1. The van der Waals surface area contributed by atoms with Crippen molar-refractivity contribution in [1.82, 2.24) is 4.90 Å². The highest BCUT2D eigenvalue weighted by molar-refractivity contribution is 5.75. The Morgan fingerprint density at radius 2 is 0.941 bits per heavy atom. The van der Waals surface area contributed by atoms with Crippen molar-refractivity contribution in [2.75, 3.05) is 46.1 Å². The number of carbonyl (C=O) groups excluding carboxylic acids is 2. The van der Waals surface area contributed by atoms with Gasteiger partial charge in [0, 0.05) is 6.54 Å². The standard InChI is InChI=1S/C44H87NO6/c1-6-9-12-15-16-22-29-38-49-43(48)50-39-30-23-21-28-35-45(36-37-46)34-27-20-19-26-33-44(4,5)42(47)51-40-41(31-24-17-13-10-7-2)32-25-18-14-11-8-3/h41,46H,6-40H2,1-5H3. The van der Waals surface area contributed by atoms with Gasteiger partial charge in [0.25, 0.3) is 0 Å². The molecule has 0 saturated carbocycles. The van der Waals surface area contributed by atoms with Crippen molar-refractivity contribution >= 4 is 12.1 Å². The lowest BCUT2D eigenvalue weighted by Crippen LogP contribution is -2.29. The molecule has 0 heterocycles. The van der Waals surface area contributed by atoms with Crippen LogP contribution in [0.4, 0.5) is 4.79 Å². The monoisotopic (exact) mass is 726 g/mol. The summed E-state index contributed by atoms with van der Waals surface area (Å²) in [5, 5.41) is 9.56. The van der Waals surface area contributed by atoms with Crippen LogP contribution in [0, 0.1) is 11.3 Å². The molecule has 0 aromatic carbocycles. The number of hydrogen-bond acceptors (Lipinski definition) is 7. The quantitative estimate of drug-likeness (QED) is 0.0499. The molecule has 0 bridgehead atoms. The molecule has 0 rings (SSSR count). The van der Waals surface area contributed by atoms with Crippen LogP contribution in [0.3, 0.4) is 0 Å². The van der Waals surface area contributed by atoms with Gasteiger partial charge in [0.1, 0.15) is 0 Å². The Morgan fingerprint density at radius 1 is 0.529 bits per heavy atom. The first-order chi connectivity index (χ1) is 24.8. The van der Waals surface area contributed by atoms with E-state index in [0.29, 0.717) is 32.3 Å². The summed E-state index contributed by atoms with van der Waals surface area (Å²) < 4.78 is 16.4. The normalized spacial score (nSPS) is 11.8. The minimum atomic E-state index is -0.533. The highest BCUT2D eigenvalue weighted by atomic mass is 16.7. The van der Waals surface area contributed by atoms with Gasteiger partial charge >= 0.3 is 12.1 Å². The van der Waals surface area contributed by atoms with Crippen molar-refractivity contribution in [3.63, 3.8) is 0 Å². The molecular weight excluding hydrogens is 638 g/mol. The zero-order valence-corrected chi connectivity index (χ0v) is 34.8. The van der Waals surface area contributed by atoms with Crippen molar-refractivity contribution in [1.29, 1.82) is 0 Å². The Morgan fingerprint density at radius 3 is 1.41 bits per heavy atom. The number of nitrogens with zero attached hydrogens (tertiary/aromatic N) is 1. The van der Waals surface area contributed by atoms with E-state index in [-0.39, 0.29) is 12.6 Å². The second-order valence-corrected chi connectivity index (χ2v) is 16.0. The van der Waals surface area contributed by atoms with Crippen LogP contribution in [0.15, 0.2) is 0 Å². The molecule has 0 radical (unpaired) electrons. The van der Waals surface area contributed by atoms with Crippen LogP contribution in [0.2, 0.25) is 0 Å². The smallest absolute Gasteiger partial charge is 0.465 e. The fourth-order valence-electron chi connectivity index (χ4n) is 6.81. The Labute approximate surface area is 317 Å². The summed E-state index contributed by atoms with van der Waals surface area (Å²) in [5.74, 6) is 0.479. The van der Waals surface area contributed by atoms with Crippen LogP contribution in [-0.2, 0) is 19.0 Å². The number of rotatable bonds is 39. The lowest BCUT2D eigenvalue weighted by atomic mass is 9.86. The molecule has 7 nitrogen and oxygen atoms in total.